The molecule has 0 aromatic carbocycles. The Morgan fingerprint density at radius 3 is 2.78 bits per heavy atom. The summed E-state index contributed by atoms with van der Waals surface area (Å²) in [6, 6.07) is 2.14. The van der Waals surface area contributed by atoms with Crippen molar-refractivity contribution in [3.8, 4) is 0 Å². The van der Waals surface area contributed by atoms with Crippen LogP contribution in [0.4, 0.5) is 0 Å². The highest BCUT2D eigenvalue weighted by atomic mass is 127. The maximum Gasteiger partial charge on any atom is 0.244 e. The zero-order chi connectivity index (χ0) is 18.4. The summed E-state index contributed by atoms with van der Waals surface area (Å²) in [5.41, 5.74) is 1.71. The highest BCUT2D eigenvalue weighted by molar-refractivity contribution is 14.0. The van der Waals surface area contributed by atoms with Crippen LogP contribution in [0.1, 0.15) is 56.4 Å². The molecule has 27 heavy (non-hydrogen) atoms. The van der Waals surface area contributed by atoms with Crippen LogP contribution in [0.5, 0.6) is 0 Å². The summed E-state index contributed by atoms with van der Waals surface area (Å²) in [6.45, 7) is 7.87. The molecule has 1 aromatic rings. The van der Waals surface area contributed by atoms with Gasteiger partial charge in [-0.1, -0.05) is 19.8 Å². The van der Waals surface area contributed by atoms with E-state index < -0.39 is 0 Å². The fourth-order valence-corrected chi connectivity index (χ4v) is 4.99. The summed E-state index contributed by atoms with van der Waals surface area (Å²) in [5.74, 6) is 0.888. The van der Waals surface area contributed by atoms with Gasteiger partial charge in [-0.05, 0) is 55.0 Å². The molecule has 7 heteroatoms. The summed E-state index contributed by atoms with van der Waals surface area (Å²) < 4.78 is 0. The fraction of sp³-hybridized carbons (Fsp3) is 0.700. The molecule has 1 fully saturated rings. The van der Waals surface area contributed by atoms with Crippen LogP contribution in [-0.4, -0.2) is 42.9 Å². The van der Waals surface area contributed by atoms with Crippen molar-refractivity contribution in [2.45, 2.75) is 58.9 Å². The zero-order valence-corrected chi connectivity index (χ0v) is 19.7. The minimum absolute atomic E-state index is 0. The van der Waals surface area contributed by atoms with E-state index in [1.807, 2.05) is 4.90 Å². The monoisotopic (exact) mass is 504 g/mol. The van der Waals surface area contributed by atoms with E-state index in [4.69, 9.17) is 0 Å². The lowest BCUT2D eigenvalue weighted by Gasteiger charge is -2.29. The lowest BCUT2D eigenvalue weighted by molar-refractivity contribution is -0.130. The van der Waals surface area contributed by atoms with Crippen molar-refractivity contribution in [2.24, 2.45) is 10.4 Å². The Morgan fingerprint density at radius 1 is 1.30 bits per heavy atom. The van der Waals surface area contributed by atoms with Gasteiger partial charge in [0, 0.05) is 31.1 Å². The number of aliphatic imine (C=N–C) groups is 1. The van der Waals surface area contributed by atoms with Crippen LogP contribution < -0.4 is 10.6 Å². The normalized spacial score (nSPS) is 18.6. The van der Waals surface area contributed by atoms with Crippen LogP contribution in [0.25, 0.3) is 0 Å². The first-order chi connectivity index (χ1) is 12.7. The van der Waals surface area contributed by atoms with Crippen LogP contribution in [0, 0.1) is 5.41 Å². The number of halogens is 1. The van der Waals surface area contributed by atoms with Crippen molar-refractivity contribution in [3.63, 3.8) is 0 Å². The molecule has 152 valence electrons. The largest absolute Gasteiger partial charge is 0.357 e. The van der Waals surface area contributed by atoms with Gasteiger partial charge in [-0.2, -0.15) is 0 Å². The van der Waals surface area contributed by atoms with Gasteiger partial charge in [-0.3, -0.25) is 4.79 Å². The molecule has 2 aliphatic rings. The maximum absolute atomic E-state index is 12.6. The van der Waals surface area contributed by atoms with Gasteiger partial charge >= 0.3 is 0 Å². The number of carbonyl (C=O) groups excluding carboxylic acids is 1. The SMILES string of the molecule is CCNC(=NCC(=O)N1CCc2sccc2C1)NCC1(CC)CCCC1.I. The third-order valence-electron chi connectivity index (χ3n) is 5.92. The standard InChI is InChI=1S/C20H32N4OS.HI/c1-3-20(9-5-6-10-20)15-23-19(21-4-2)22-13-18(25)24-11-7-17-16(14-24)8-12-26-17;/h8,12H,3-7,9-11,13-15H2,1-2H3,(H2,21,22,23);1H. The summed E-state index contributed by atoms with van der Waals surface area (Å²) >= 11 is 1.80. The van der Waals surface area contributed by atoms with E-state index in [-0.39, 0.29) is 36.4 Å². The van der Waals surface area contributed by atoms with Gasteiger partial charge in [0.2, 0.25) is 5.91 Å². The number of rotatable bonds is 6. The molecule has 1 aliphatic heterocycles. The number of guanidine groups is 1. The summed E-state index contributed by atoms with van der Waals surface area (Å²) in [6.07, 6.45) is 7.44. The Kier molecular flexibility index (Phi) is 8.85. The van der Waals surface area contributed by atoms with Gasteiger partial charge in [0.05, 0.1) is 0 Å². The number of nitrogens with zero attached hydrogens (tertiary/aromatic N) is 2. The number of thiophene rings is 1. The van der Waals surface area contributed by atoms with Gasteiger partial charge in [0.1, 0.15) is 6.54 Å². The Morgan fingerprint density at radius 2 is 2.07 bits per heavy atom. The molecule has 0 spiro atoms. The molecule has 1 aliphatic carbocycles. The predicted octanol–water partition coefficient (Wildman–Crippen LogP) is 3.78. The molecule has 0 saturated heterocycles. The molecule has 3 rings (SSSR count). The van der Waals surface area contributed by atoms with Crippen molar-refractivity contribution < 1.29 is 4.79 Å². The van der Waals surface area contributed by atoms with E-state index in [2.05, 4.69) is 40.9 Å². The highest BCUT2D eigenvalue weighted by Crippen LogP contribution is 2.40. The van der Waals surface area contributed by atoms with Gasteiger partial charge in [-0.15, -0.1) is 35.3 Å². The van der Waals surface area contributed by atoms with E-state index in [0.29, 0.717) is 5.41 Å². The lowest BCUT2D eigenvalue weighted by Crippen LogP contribution is -2.44. The molecular weight excluding hydrogens is 471 g/mol. The molecule has 0 atom stereocenters. The quantitative estimate of drug-likeness (QED) is 0.352. The molecule has 0 unspecified atom stereocenters. The van der Waals surface area contributed by atoms with Crippen LogP contribution in [0.15, 0.2) is 16.4 Å². The first kappa shape index (κ1) is 22.5. The van der Waals surface area contributed by atoms with Crippen molar-refractivity contribution >= 4 is 47.2 Å². The molecule has 1 aromatic heterocycles. The van der Waals surface area contributed by atoms with E-state index in [1.165, 1.54) is 42.5 Å². The van der Waals surface area contributed by atoms with Crippen LogP contribution in [0.3, 0.4) is 0 Å². The highest BCUT2D eigenvalue weighted by Gasteiger charge is 2.32. The molecule has 0 radical (unpaired) electrons. The number of hydrogen-bond donors (Lipinski definition) is 2. The maximum atomic E-state index is 12.6. The minimum Gasteiger partial charge on any atom is -0.357 e. The summed E-state index contributed by atoms with van der Waals surface area (Å²) in [4.78, 5) is 20.5. The Hall–Kier alpha value is -0.830. The number of fused-ring (bicyclic) bond motifs is 1. The minimum atomic E-state index is 0. The number of hydrogen-bond acceptors (Lipinski definition) is 3. The van der Waals surface area contributed by atoms with Gasteiger partial charge in [0.25, 0.3) is 0 Å². The second kappa shape index (κ2) is 10.6. The molecule has 1 amide bonds. The number of carbonyl (C=O) groups is 1. The number of nitrogens with one attached hydrogen (secondary N) is 2. The van der Waals surface area contributed by atoms with Gasteiger partial charge in [0.15, 0.2) is 5.96 Å². The van der Waals surface area contributed by atoms with E-state index >= 15 is 0 Å². The van der Waals surface area contributed by atoms with Crippen molar-refractivity contribution in [3.05, 3.63) is 21.9 Å². The molecule has 5 nitrogen and oxygen atoms in total. The molecule has 2 N–H and O–H groups in total. The van der Waals surface area contributed by atoms with Crippen molar-refractivity contribution in [1.29, 1.82) is 0 Å². The Labute approximate surface area is 184 Å². The third kappa shape index (κ3) is 5.82. The van der Waals surface area contributed by atoms with E-state index in [1.54, 1.807) is 11.3 Å². The van der Waals surface area contributed by atoms with E-state index in [9.17, 15) is 4.79 Å². The smallest absolute Gasteiger partial charge is 0.244 e. The van der Waals surface area contributed by atoms with Gasteiger partial charge in [-0.25, -0.2) is 4.99 Å². The van der Waals surface area contributed by atoms with Gasteiger partial charge < -0.3 is 15.5 Å². The molecule has 1 saturated carbocycles. The van der Waals surface area contributed by atoms with Crippen molar-refractivity contribution in [2.75, 3.05) is 26.2 Å². The van der Waals surface area contributed by atoms with Crippen LogP contribution in [-0.2, 0) is 17.8 Å². The van der Waals surface area contributed by atoms with E-state index in [0.717, 1.165) is 38.6 Å². The predicted molar refractivity (Wildman–Crippen MR) is 124 cm³/mol. The second-order valence-electron chi connectivity index (χ2n) is 7.54. The topological polar surface area (TPSA) is 56.7 Å². The van der Waals surface area contributed by atoms with Crippen LogP contribution >= 0.6 is 35.3 Å². The number of amides is 1. The fourth-order valence-electron chi connectivity index (χ4n) is 4.10. The lowest BCUT2D eigenvalue weighted by atomic mass is 9.83. The summed E-state index contributed by atoms with van der Waals surface area (Å²) in [5, 5.41) is 8.90. The van der Waals surface area contributed by atoms with Crippen molar-refractivity contribution in [1.82, 2.24) is 15.5 Å². The molecular formula is C20H33IN4OS. The zero-order valence-electron chi connectivity index (χ0n) is 16.6. The second-order valence-corrected chi connectivity index (χ2v) is 8.54. The molecule has 2 heterocycles. The van der Waals surface area contributed by atoms with Crippen LogP contribution in [0.2, 0.25) is 0 Å². The Balaban J connectivity index is 0.00000261. The third-order valence-corrected chi connectivity index (χ3v) is 6.95. The first-order valence-electron chi connectivity index (χ1n) is 10.0. The first-order valence-corrected chi connectivity index (χ1v) is 10.9. The average Bonchev–Trinajstić information content (AvgIpc) is 3.32. The Bertz CT molecular complexity index is 640. The average molecular weight is 504 g/mol. The summed E-state index contributed by atoms with van der Waals surface area (Å²) in [7, 11) is 0. The molecule has 0 bridgehead atoms.